The number of aromatic nitrogens is 4. The minimum atomic E-state index is -0.136. The molecule has 9 heteroatoms. The third kappa shape index (κ3) is 3.66. The fourth-order valence-electron chi connectivity index (χ4n) is 2.79. The van der Waals surface area contributed by atoms with Crippen molar-refractivity contribution in [2.45, 2.75) is 4.90 Å². The van der Waals surface area contributed by atoms with Gasteiger partial charge >= 0.3 is 0 Å². The Balaban J connectivity index is 1.83. The van der Waals surface area contributed by atoms with Gasteiger partial charge in [-0.2, -0.15) is 0 Å². The first-order valence-corrected chi connectivity index (χ1v) is 9.29. The Morgan fingerprint density at radius 1 is 1.11 bits per heavy atom. The molecule has 4 aromatic rings. The highest BCUT2D eigenvalue weighted by Gasteiger charge is 2.12. The SMILES string of the molecule is Cn1ccc2cc(Nc3cnccn3)nc(Nc3cccc(SN)c3)c2c1=O. The van der Waals surface area contributed by atoms with Crippen LogP contribution in [0.2, 0.25) is 0 Å². The summed E-state index contributed by atoms with van der Waals surface area (Å²) in [6, 6.07) is 11.3. The van der Waals surface area contributed by atoms with Gasteiger partial charge in [0, 0.05) is 36.2 Å². The molecular formula is C19H17N7OS. The van der Waals surface area contributed by atoms with Crippen LogP contribution in [-0.2, 0) is 7.05 Å². The summed E-state index contributed by atoms with van der Waals surface area (Å²) >= 11 is 1.15. The van der Waals surface area contributed by atoms with Crippen molar-refractivity contribution in [2.75, 3.05) is 10.6 Å². The minimum absolute atomic E-state index is 0.136. The Bertz CT molecular complexity index is 1190. The van der Waals surface area contributed by atoms with E-state index in [1.54, 1.807) is 31.8 Å². The Labute approximate surface area is 165 Å². The zero-order valence-electron chi connectivity index (χ0n) is 15.0. The van der Waals surface area contributed by atoms with Gasteiger partial charge in [0.05, 0.1) is 11.6 Å². The van der Waals surface area contributed by atoms with Crippen LogP contribution in [0.15, 0.2) is 70.9 Å². The molecule has 0 radical (unpaired) electrons. The van der Waals surface area contributed by atoms with Gasteiger partial charge in [0.1, 0.15) is 17.5 Å². The predicted molar refractivity (Wildman–Crippen MR) is 112 cm³/mol. The Kier molecular flexibility index (Phi) is 4.92. The molecule has 28 heavy (non-hydrogen) atoms. The molecule has 0 saturated carbocycles. The van der Waals surface area contributed by atoms with Crippen LogP contribution in [0.4, 0.5) is 23.1 Å². The van der Waals surface area contributed by atoms with E-state index in [0.717, 1.165) is 27.9 Å². The molecule has 0 aliphatic rings. The molecule has 0 atom stereocenters. The lowest BCUT2D eigenvalue weighted by Gasteiger charge is -2.13. The lowest BCUT2D eigenvalue weighted by molar-refractivity contribution is 0.873. The molecule has 3 aromatic heterocycles. The molecular weight excluding hydrogens is 374 g/mol. The normalized spacial score (nSPS) is 10.8. The summed E-state index contributed by atoms with van der Waals surface area (Å²) < 4.78 is 1.52. The predicted octanol–water partition coefficient (Wildman–Crippen LogP) is 3.18. The Hall–Kier alpha value is -3.43. The van der Waals surface area contributed by atoms with Crippen LogP contribution in [0, 0.1) is 0 Å². The maximum atomic E-state index is 12.7. The molecule has 0 bridgehead atoms. The molecule has 4 rings (SSSR count). The van der Waals surface area contributed by atoms with Crippen molar-refractivity contribution in [1.82, 2.24) is 19.5 Å². The quantitative estimate of drug-likeness (QED) is 0.445. The number of nitrogens with one attached hydrogen (secondary N) is 2. The summed E-state index contributed by atoms with van der Waals surface area (Å²) in [5.41, 5.74) is 0.648. The number of nitrogens with zero attached hydrogens (tertiary/aromatic N) is 4. The number of rotatable bonds is 5. The topological polar surface area (TPSA) is 111 Å². The molecule has 8 nitrogen and oxygen atoms in total. The van der Waals surface area contributed by atoms with Crippen molar-refractivity contribution in [3.63, 3.8) is 0 Å². The Morgan fingerprint density at radius 3 is 2.79 bits per heavy atom. The molecule has 1 aromatic carbocycles. The average molecular weight is 391 g/mol. The maximum absolute atomic E-state index is 12.7. The molecule has 140 valence electrons. The van der Waals surface area contributed by atoms with Gasteiger partial charge in [-0.25, -0.2) is 9.97 Å². The van der Waals surface area contributed by atoms with E-state index in [0.29, 0.717) is 22.8 Å². The third-order valence-electron chi connectivity index (χ3n) is 4.11. The second-order valence-electron chi connectivity index (χ2n) is 6.04. The van der Waals surface area contributed by atoms with Gasteiger partial charge in [0.15, 0.2) is 0 Å². The zero-order valence-corrected chi connectivity index (χ0v) is 15.8. The van der Waals surface area contributed by atoms with E-state index >= 15 is 0 Å². The minimum Gasteiger partial charge on any atom is -0.339 e. The van der Waals surface area contributed by atoms with Gasteiger partial charge in [-0.1, -0.05) is 6.07 Å². The fraction of sp³-hybridized carbons (Fsp3) is 0.0526. The molecule has 0 aliphatic heterocycles. The largest absolute Gasteiger partial charge is 0.339 e. The molecule has 0 amide bonds. The summed E-state index contributed by atoms with van der Waals surface area (Å²) in [5, 5.41) is 13.3. The van der Waals surface area contributed by atoms with E-state index in [1.165, 1.54) is 4.57 Å². The fourth-order valence-corrected chi connectivity index (χ4v) is 3.14. The number of fused-ring (bicyclic) bond motifs is 1. The van der Waals surface area contributed by atoms with Crippen molar-refractivity contribution in [2.24, 2.45) is 12.2 Å². The number of hydrogen-bond acceptors (Lipinski definition) is 8. The molecule has 4 N–H and O–H groups in total. The van der Waals surface area contributed by atoms with Gasteiger partial charge in [-0.05, 0) is 47.7 Å². The van der Waals surface area contributed by atoms with Crippen LogP contribution < -0.4 is 21.3 Å². The van der Waals surface area contributed by atoms with Crippen molar-refractivity contribution in [3.8, 4) is 0 Å². The standard InChI is InChI=1S/C19H17N7OS/c1-26-8-5-12-9-15(24-16-11-21-6-7-22-16)25-18(17(12)19(26)27)23-13-3-2-4-14(10-13)28-20/h2-11H,20H2,1H3,(H2,22,23,24,25). The number of nitrogens with two attached hydrogens (primary N) is 1. The number of anilines is 4. The highest BCUT2D eigenvalue weighted by Crippen LogP contribution is 2.27. The van der Waals surface area contributed by atoms with E-state index in [1.807, 2.05) is 36.4 Å². The van der Waals surface area contributed by atoms with Gasteiger partial charge in [0.2, 0.25) is 0 Å². The summed E-state index contributed by atoms with van der Waals surface area (Å²) in [7, 11) is 1.71. The van der Waals surface area contributed by atoms with Crippen LogP contribution in [-0.4, -0.2) is 19.5 Å². The van der Waals surface area contributed by atoms with E-state index < -0.39 is 0 Å². The molecule has 0 unspecified atom stereocenters. The summed E-state index contributed by atoms with van der Waals surface area (Å²) in [6.45, 7) is 0. The van der Waals surface area contributed by atoms with E-state index in [4.69, 9.17) is 5.14 Å². The average Bonchev–Trinajstić information content (AvgIpc) is 2.71. The molecule has 0 aliphatic carbocycles. The van der Waals surface area contributed by atoms with Gasteiger partial charge in [-0.3, -0.25) is 14.9 Å². The molecule has 0 spiro atoms. The van der Waals surface area contributed by atoms with E-state index in [9.17, 15) is 4.79 Å². The number of aryl methyl sites for hydroxylation is 1. The maximum Gasteiger partial charge on any atom is 0.261 e. The van der Waals surface area contributed by atoms with Crippen molar-refractivity contribution < 1.29 is 0 Å². The van der Waals surface area contributed by atoms with Crippen LogP contribution in [0.5, 0.6) is 0 Å². The first-order chi connectivity index (χ1) is 13.6. The van der Waals surface area contributed by atoms with Crippen molar-refractivity contribution in [3.05, 3.63) is 71.5 Å². The molecule has 0 fully saturated rings. The van der Waals surface area contributed by atoms with Crippen molar-refractivity contribution in [1.29, 1.82) is 0 Å². The van der Waals surface area contributed by atoms with Gasteiger partial charge < -0.3 is 15.2 Å². The summed E-state index contributed by atoms with van der Waals surface area (Å²) in [4.78, 5) is 26.5. The third-order valence-corrected chi connectivity index (χ3v) is 4.64. The van der Waals surface area contributed by atoms with Crippen LogP contribution in [0.25, 0.3) is 10.8 Å². The molecule has 0 saturated heterocycles. The smallest absolute Gasteiger partial charge is 0.261 e. The summed E-state index contributed by atoms with van der Waals surface area (Å²) in [6.07, 6.45) is 6.52. The first-order valence-electron chi connectivity index (χ1n) is 8.41. The van der Waals surface area contributed by atoms with Crippen molar-refractivity contribution >= 4 is 45.9 Å². The first kappa shape index (κ1) is 18.0. The van der Waals surface area contributed by atoms with Crippen LogP contribution >= 0.6 is 11.9 Å². The number of benzene rings is 1. The highest BCUT2D eigenvalue weighted by molar-refractivity contribution is 7.97. The monoisotopic (exact) mass is 391 g/mol. The van der Waals surface area contributed by atoms with E-state index in [-0.39, 0.29) is 5.56 Å². The number of pyridine rings is 2. The lowest BCUT2D eigenvalue weighted by Crippen LogP contribution is -2.17. The van der Waals surface area contributed by atoms with Crippen LogP contribution in [0.3, 0.4) is 0 Å². The molecule has 3 heterocycles. The lowest BCUT2D eigenvalue weighted by atomic mass is 10.2. The Morgan fingerprint density at radius 2 is 2.00 bits per heavy atom. The van der Waals surface area contributed by atoms with E-state index in [2.05, 4.69) is 25.6 Å². The zero-order chi connectivity index (χ0) is 19.5. The van der Waals surface area contributed by atoms with Gasteiger partial charge in [-0.15, -0.1) is 0 Å². The highest BCUT2D eigenvalue weighted by atomic mass is 32.2. The van der Waals surface area contributed by atoms with Crippen LogP contribution in [0.1, 0.15) is 0 Å². The second-order valence-corrected chi connectivity index (χ2v) is 6.75. The number of hydrogen-bond donors (Lipinski definition) is 3. The summed E-state index contributed by atoms with van der Waals surface area (Å²) in [5.74, 6) is 1.56. The second kappa shape index (κ2) is 7.67. The van der Waals surface area contributed by atoms with Gasteiger partial charge in [0.25, 0.3) is 5.56 Å².